The van der Waals surface area contributed by atoms with Crippen molar-refractivity contribution in [3.63, 3.8) is 0 Å². The number of likely N-dealkylation sites (tertiary alicyclic amines) is 1. The third kappa shape index (κ3) is 5.30. The lowest BCUT2D eigenvalue weighted by Crippen LogP contribution is -2.33. The summed E-state index contributed by atoms with van der Waals surface area (Å²) in [5.41, 5.74) is 5.41. The molecule has 1 N–H and O–H groups in total. The third-order valence-electron chi connectivity index (χ3n) is 6.52. The maximum absolute atomic E-state index is 11.8. The minimum Gasteiger partial charge on any atom is -0.480 e. The van der Waals surface area contributed by atoms with Gasteiger partial charge in [0, 0.05) is 19.7 Å². The average Bonchev–Trinajstić information content (AvgIpc) is 3.22. The highest BCUT2D eigenvalue weighted by Crippen LogP contribution is 2.27. The van der Waals surface area contributed by atoms with Crippen LogP contribution < -0.4 is 0 Å². The number of hydrogen-bond donors (Lipinski definition) is 1. The Kier molecular flexibility index (Phi) is 7.19. The molecule has 4 rings (SSSR count). The van der Waals surface area contributed by atoms with Gasteiger partial charge in [0.05, 0.1) is 6.10 Å². The molecule has 160 valence electrons. The molecule has 2 aliphatic rings. The molecule has 1 aliphatic heterocycles. The van der Waals surface area contributed by atoms with Crippen molar-refractivity contribution >= 4 is 5.97 Å². The van der Waals surface area contributed by atoms with Crippen LogP contribution in [0.2, 0.25) is 0 Å². The van der Waals surface area contributed by atoms with E-state index in [0.29, 0.717) is 6.54 Å². The summed E-state index contributed by atoms with van der Waals surface area (Å²) in [5.74, 6) is -0.785. The SMILES string of the molecule is O=C(O)[C@@H](c1ccccc1)N1CC[C@@H](OCCCCc2ccc3c(c2)CCCC3)C1. The number of aliphatic carboxylic acids is 1. The Balaban J connectivity index is 1.19. The van der Waals surface area contributed by atoms with Gasteiger partial charge in [0.15, 0.2) is 0 Å². The number of carboxylic acids is 1. The summed E-state index contributed by atoms with van der Waals surface area (Å²) in [4.78, 5) is 13.9. The van der Waals surface area contributed by atoms with Crippen LogP contribution in [0.15, 0.2) is 48.5 Å². The Morgan fingerprint density at radius 2 is 1.87 bits per heavy atom. The molecule has 1 fully saturated rings. The van der Waals surface area contributed by atoms with Gasteiger partial charge >= 0.3 is 5.97 Å². The molecule has 0 unspecified atom stereocenters. The predicted molar refractivity (Wildman–Crippen MR) is 119 cm³/mol. The lowest BCUT2D eigenvalue weighted by atomic mass is 9.89. The highest BCUT2D eigenvalue weighted by molar-refractivity contribution is 5.75. The summed E-state index contributed by atoms with van der Waals surface area (Å²) in [6, 6.07) is 16.0. The molecule has 2 aromatic rings. The normalized spacial score (nSPS) is 20.1. The summed E-state index contributed by atoms with van der Waals surface area (Å²) in [6.45, 7) is 2.22. The third-order valence-corrected chi connectivity index (χ3v) is 6.52. The first-order valence-electron chi connectivity index (χ1n) is 11.4. The Bertz CT molecular complexity index is 835. The van der Waals surface area contributed by atoms with Crippen molar-refractivity contribution in [1.82, 2.24) is 4.90 Å². The van der Waals surface area contributed by atoms with Crippen molar-refractivity contribution in [2.45, 2.75) is 63.5 Å². The molecule has 1 aliphatic carbocycles. The second-order valence-corrected chi connectivity index (χ2v) is 8.70. The lowest BCUT2D eigenvalue weighted by Gasteiger charge is -2.24. The summed E-state index contributed by atoms with van der Waals surface area (Å²) < 4.78 is 6.09. The van der Waals surface area contributed by atoms with Crippen LogP contribution in [0.3, 0.4) is 0 Å². The van der Waals surface area contributed by atoms with Crippen LogP contribution in [0.25, 0.3) is 0 Å². The molecule has 0 amide bonds. The van der Waals surface area contributed by atoms with E-state index in [0.717, 1.165) is 44.4 Å². The number of carboxylic acid groups (broad SMARTS) is 1. The zero-order valence-corrected chi connectivity index (χ0v) is 17.8. The summed E-state index contributed by atoms with van der Waals surface area (Å²) in [5, 5.41) is 9.72. The molecule has 30 heavy (non-hydrogen) atoms. The smallest absolute Gasteiger partial charge is 0.325 e. The minimum absolute atomic E-state index is 0.138. The molecule has 0 spiro atoms. The Morgan fingerprint density at radius 1 is 1.07 bits per heavy atom. The largest absolute Gasteiger partial charge is 0.480 e. The lowest BCUT2D eigenvalue weighted by molar-refractivity contribution is -0.143. The van der Waals surface area contributed by atoms with Crippen molar-refractivity contribution < 1.29 is 14.6 Å². The molecule has 4 nitrogen and oxygen atoms in total. The van der Waals surface area contributed by atoms with Gasteiger partial charge in [-0.2, -0.15) is 0 Å². The van der Waals surface area contributed by atoms with Gasteiger partial charge in [-0.3, -0.25) is 9.69 Å². The van der Waals surface area contributed by atoms with E-state index in [1.807, 2.05) is 35.2 Å². The second kappa shape index (κ2) is 10.2. The highest BCUT2D eigenvalue weighted by atomic mass is 16.5. The predicted octanol–water partition coefficient (Wildman–Crippen LogP) is 4.80. The van der Waals surface area contributed by atoms with E-state index in [-0.39, 0.29) is 6.10 Å². The molecule has 2 atom stereocenters. The number of aryl methyl sites for hydroxylation is 3. The van der Waals surface area contributed by atoms with Gasteiger partial charge < -0.3 is 9.84 Å². The Labute approximate surface area is 179 Å². The number of ether oxygens (including phenoxy) is 1. The fraction of sp³-hybridized carbons (Fsp3) is 0.500. The number of rotatable bonds is 9. The van der Waals surface area contributed by atoms with Crippen molar-refractivity contribution in [3.8, 4) is 0 Å². The first-order chi connectivity index (χ1) is 14.7. The quantitative estimate of drug-likeness (QED) is 0.607. The van der Waals surface area contributed by atoms with Gasteiger partial charge in [-0.25, -0.2) is 0 Å². The zero-order valence-electron chi connectivity index (χ0n) is 17.8. The van der Waals surface area contributed by atoms with E-state index in [9.17, 15) is 9.90 Å². The molecule has 1 saturated heterocycles. The molecule has 0 radical (unpaired) electrons. The van der Waals surface area contributed by atoms with Crippen LogP contribution in [-0.4, -0.2) is 41.8 Å². The van der Waals surface area contributed by atoms with E-state index < -0.39 is 12.0 Å². The molecular weight excluding hydrogens is 374 g/mol. The Morgan fingerprint density at radius 3 is 2.67 bits per heavy atom. The van der Waals surface area contributed by atoms with Crippen LogP contribution in [0.4, 0.5) is 0 Å². The number of benzene rings is 2. The fourth-order valence-electron chi connectivity index (χ4n) is 4.89. The van der Waals surface area contributed by atoms with Gasteiger partial charge in [-0.1, -0.05) is 48.5 Å². The molecule has 4 heteroatoms. The van der Waals surface area contributed by atoms with Gasteiger partial charge in [0.1, 0.15) is 6.04 Å². The molecule has 0 aromatic heterocycles. The number of carbonyl (C=O) groups is 1. The van der Waals surface area contributed by atoms with E-state index >= 15 is 0 Å². The van der Waals surface area contributed by atoms with Crippen LogP contribution in [0.5, 0.6) is 0 Å². The standard InChI is InChI=1S/C26H33NO3/c28-26(29)25(22-10-2-1-3-11-22)27-16-15-24(19-27)30-17-7-6-8-20-13-14-21-9-4-5-12-23(21)18-20/h1-3,10-11,13-14,18,24-25H,4-9,12,15-17,19H2,(H,28,29)/t24-,25-/m1/s1. The highest BCUT2D eigenvalue weighted by Gasteiger charge is 2.33. The fourth-order valence-corrected chi connectivity index (χ4v) is 4.89. The number of fused-ring (bicyclic) bond motifs is 1. The first-order valence-corrected chi connectivity index (χ1v) is 11.4. The Hall–Kier alpha value is -2.17. The molecule has 0 bridgehead atoms. The molecular formula is C26H33NO3. The van der Waals surface area contributed by atoms with E-state index in [1.165, 1.54) is 31.2 Å². The van der Waals surface area contributed by atoms with E-state index in [2.05, 4.69) is 18.2 Å². The van der Waals surface area contributed by atoms with Crippen LogP contribution in [-0.2, 0) is 28.8 Å². The minimum atomic E-state index is -0.785. The van der Waals surface area contributed by atoms with Crippen molar-refractivity contribution in [1.29, 1.82) is 0 Å². The topological polar surface area (TPSA) is 49.8 Å². The number of hydrogen-bond acceptors (Lipinski definition) is 3. The van der Waals surface area contributed by atoms with E-state index in [4.69, 9.17) is 4.74 Å². The van der Waals surface area contributed by atoms with Crippen LogP contribution in [0.1, 0.15) is 60.4 Å². The zero-order chi connectivity index (χ0) is 20.8. The molecule has 2 aromatic carbocycles. The van der Waals surface area contributed by atoms with Crippen molar-refractivity contribution in [2.24, 2.45) is 0 Å². The van der Waals surface area contributed by atoms with Crippen LogP contribution in [0, 0.1) is 0 Å². The molecule has 0 saturated carbocycles. The van der Waals surface area contributed by atoms with Gasteiger partial charge in [0.25, 0.3) is 0 Å². The molecule has 1 heterocycles. The number of nitrogens with zero attached hydrogens (tertiary/aromatic N) is 1. The van der Waals surface area contributed by atoms with Gasteiger partial charge in [-0.05, 0) is 73.6 Å². The monoisotopic (exact) mass is 407 g/mol. The first kappa shape index (κ1) is 21.1. The van der Waals surface area contributed by atoms with Gasteiger partial charge in [0.2, 0.25) is 0 Å². The summed E-state index contributed by atoms with van der Waals surface area (Å²) in [7, 11) is 0. The van der Waals surface area contributed by atoms with E-state index in [1.54, 1.807) is 11.1 Å². The second-order valence-electron chi connectivity index (χ2n) is 8.70. The van der Waals surface area contributed by atoms with Crippen molar-refractivity contribution in [2.75, 3.05) is 19.7 Å². The summed E-state index contributed by atoms with van der Waals surface area (Å²) in [6.07, 6.45) is 9.49. The average molecular weight is 408 g/mol. The van der Waals surface area contributed by atoms with Crippen molar-refractivity contribution in [3.05, 3.63) is 70.8 Å². The number of unbranched alkanes of at least 4 members (excludes halogenated alkanes) is 1. The summed E-state index contributed by atoms with van der Waals surface area (Å²) >= 11 is 0. The van der Waals surface area contributed by atoms with Gasteiger partial charge in [-0.15, -0.1) is 0 Å². The maximum Gasteiger partial charge on any atom is 0.325 e. The van der Waals surface area contributed by atoms with Crippen LogP contribution >= 0.6 is 0 Å². The maximum atomic E-state index is 11.8.